The molecule has 1 amide bonds. The zero-order valence-corrected chi connectivity index (χ0v) is 11.2. The van der Waals surface area contributed by atoms with E-state index in [4.69, 9.17) is 5.11 Å². The van der Waals surface area contributed by atoms with Crippen LogP contribution in [-0.2, 0) is 20.9 Å². The smallest absolute Gasteiger partial charge is 0.329 e. The number of aromatic nitrogens is 2. The van der Waals surface area contributed by atoms with E-state index in [0.29, 0.717) is 6.54 Å². The van der Waals surface area contributed by atoms with E-state index in [1.165, 1.54) is 0 Å². The molecular formula is C12H19N3O4. The zero-order valence-electron chi connectivity index (χ0n) is 11.2. The number of aryl methyl sites for hydroxylation is 3. The Morgan fingerprint density at radius 1 is 1.42 bits per heavy atom. The minimum Gasteiger partial charge on any atom is -0.480 e. The molecule has 0 radical (unpaired) electrons. The first-order chi connectivity index (χ1) is 8.99. The number of rotatable bonds is 8. The predicted molar refractivity (Wildman–Crippen MR) is 67.8 cm³/mol. The summed E-state index contributed by atoms with van der Waals surface area (Å²) in [5.41, 5.74) is 2.07. The molecule has 0 spiro atoms. The molecule has 1 aromatic heterocycles. The van der Waals surface area contributed by atoms with E-state index in [0.717, 1.165) is 24.4 Å². The molecule has 0 saturated heterocycles. The fourth-order valence-electron chi connectivity index (χ4n) is 1.64. The summed E-state index contributed by atoms with van der Waals surface area (Å²) in [6.07, 6.45) is 0.757. The fraction of sp³-hybridized carbons (Fsp3) is 0.583. The molecule has 7 nitrogen and oxygen atoms in total. The quantitative estimate of drug-likeness (QED) is 0.653. The summed E-state index contributed by atoms with van der Waals surface area (Å²) < 4.78 is 6.56. The predicted octanol–water partition coefficient (Wildman–Crippen LogP) is 0.107. The third kappa shape index (κ3) is 6.01. The second kappa shape index (κ2) is 7.52. The van der Waals surface area contributed by atoms with Crippen LogP contribution in [0.15, 0.2) is 6.07 Å². The lowest BCUT2D eigenvalue weighted by Gasteiger charge is -2.06. The van der Waals surface area contributed by atoms with Crippen LogP contribution < -0.4 is 5.32 Å². The van der Waals surface area contributed by atoms with Crippen LogP contribution in [0.25, 0.3) is 0 Å². The monoisotopic (exact) mass is 269 g/mol. The van der Waals surface area contributed by atoms with Crippen LogP contribution in [0, 0.1) is 13.8 Å². The SMILES string of the molecule is Cc1cc(C)n(CCCNC(=O)COCC(=O)O)n1. The molecule has 0 bridgehead atoms. The molecule has 0 atom stereocenters. The number of carboxylic acids is 1. The Labute approximate surface area is 111 Å². The van der Waals surface area contributed by atoms with Gasteiger partial charge in [0.1, 0.15) is 13.2 Å². The van der Waals surface area contributed by atoms with E-state index in [1.807, 2.05) is 24.6 Å². The third-order valence-electron chi connectivity index (χ3n) is 2.43. The van der Waals surface area contributed by atoms with Crippen molar-refractivity contribution in [3.8, 4) is 0 Å². The first-order valence-corrected chi connectivity index (χ1v) is 6.06. The average molecular weight is 269 g/mol. The molecule has 0 aliphatic heterocycles. The minimum atomic E-state index is -1.09. The normalized spacial score (nSPS) is 10.4. The van der Waals surface area contributed by atoms with E-state index < -0.39 is 12.6 Å². The third-order valence-corrected chi connectivity index (χ3v) is 2.43. The van der Waals surface area contributed by atoms with Gasteiger partial charge in [0.25, 0.3) is 0 Å². The second-order valence-electron chi connectivity index (χ2n) is 4.24. The number of carbonyl (C=O) groups is 2. The van der Waals surface area contributed by atoms with Crippen LogP contribution in [0.1, 0.15) is 17.8 Å². The van der Waals surface area contributed by atoms with Gasteiger partial charge in [0.2, 0.25) is 5.91 Å². The summed E-state index contributed by atoms with van der Waals surface area (Å²) in [6, 6.07) is 2.00. The van der Waals surface area contributed by atoms with Gasteiger partial charge in [-0.1, -0.05) is 0 Å². The van der Waals surface area contributed by atoms with Gasteiger partial charge < -0.3 is 15.2 Å². The molecule has 0 saturated carbocycles. The van der Waals surface area contributed by atoms with Gasteiger partial charge in [0, 0.05) is 18.8 Å². The van der Waals surface area contributed by atoms with Gasteiger partial charge in [0.05, 0.1) is 5.69 Å². The second-order valence-corrected chi connectivity index (χ2v) is 4.24. The highest BCUT2D eigenvalue weighted by Crippen LogP contribution is 2.02. The largest absolute Gasteiger partial charge is 0.480 e. The van der Waals surface area contributed by atoms with Crippen molar-refractivity contribution in [3.05, 3.63) is 17.5 Å². The summed E-state index contributed by atoms with van der Waals surface area (Å²) in [6.45, 7) is 4.47. The summed E-state index contributed by atoms with van der Waals surface area (Å²) in [7, 11) is 0. The summed E-state index contributed by atoms with van der Waals surface area (Å²) in [5, 5.41) is 15.3. The average Bonchev–Trinajstić information content (AvgIpc) is 2.63. The Balaban J connectivity index is 2.12. The number of hydrogen-bond acceptors (Lipinski definition) is 4. The molecule has 0 aliphatic rings. The van der Waals surface area contributed by atoms with E-state index >= 15 is 0 Å². The molecule has 2 N–H and O–H groups in total. The molecule has 0 aromatic carbocycles. The summed E-state index contributed by atoms with van der Waals surface area (Å²) >= 11 is 0. The first-order valence-electron chi connectivity index (χ1n) is 6.06. The number of amides is 1. The van der Waals surface area contributed by atoms with Crippen LogP contribution in [0.4, 0.5) is 0 Å². The highest BCUT2D eigenvalue weighted by molar-refractivity contribution is 5.77. The lowest BCUT2D eigenvalue weighted by atomic mass is 10.4. The van der Waals surface area contributed by atoms with Crippen molar-refractivity contribution in [2.45, 2.75) is 26.8 Å². The number of carboxylic acid groups (broad SMARTS) is 1. The van der Waals surface area contributed by atoms with Gasteiger partial charge in [-0.25, -0.2) is 4.79 Å². The number of nitrogens with one attached hydrogen (secondary N) is 1. The van der Waals surface area contributed by atoms with Crippen molar-refractivity contribution in [3.63, 3.8) is 0 Å². The maximum Gasteiger partial charge on any atom is 0.329 e. The number of nitrogens with zero attached hydrogens (tertiary/aromatic N) is 2. The molecular weight excluding hydrogens is 250 g/mol. The van der Waals surface area contributed by atoms with Gasteiger partial charge in [0.15, 0.2) is 0 Å². The van der Waals surface area contributed by atoms with Gasteiger partial charge in [-0.3, -0.25) is 9.48 Å². The first kappa shape index (κ1) is 15.2. The molecule has 106 valence electrons. The number of aliphatic carboxylic acids is 1. The van der Waals surface area contributed by atoms with Crippen molar-refractivity contribution >= 4 is 11.9 Å². The Bertz CT molecular complexity index is 442. The van der Waals surface area contributed by atoms with Crippen LogP contribution >= 0.6 is 0 Å². The highest BCUT2D eigenvalue weighted by Gasteiger charge is 2.04. The molecule has 0 unspecified atom stereocenters. The molecule has 0 fully saturated rings. The van der Waals surface area contributed by atoms with Crippen molar-refractivity contribution < 1.29 is 19.4 Å². The Morgan fingerprint density at radius 2 is 2.16 bits per heavy atom. The summed E-state index contributed by atoms with van der Waals surface area (Å²) in [5.74, 6) is -1.40. The topological polar surface area (TPSA) is 93.5 Å². The standard InChI is InChI=1S/C12H19N3O4/c1-9-6-10(2)15(14-9)5-3-4-13-11(16)7-19-8-12(17)18/h6H,3-5,7-8H2,1-2H3,(H,13,16)(H,17,18). The maximum atomic E-state index is 11.3. The van der Waals surface area contributed by atoms with E-state index in [1.54, 1.807) is 0 Å². The van der Waals surface area contributed by atoms with Crippen LogP contribution in [-0.4, -0.2) is 46.5 Å². The maximum absolute atomic E-state index is 11.3. The van der Waals surface area contributed by atoms with Gasteiger partial charge in [-0.05, 0) is 26.3 Å². The Kier molecular flexibility index (Phi) is 6.01. The van der Waals surface area contributed by atoms with Crippen molar-refractivity contribution in [1.29, 1.82) is 0 Å². The molecule has 1 rings (SSSR count). The zero-order chi connectivity index (χ0) is 14.3. The minimum absolute atomic E-state index is 0.230. The van der Waals surface area contributed by atoms with Crippen molar-refractivity contribution in [2.75, 3.05) is 19.8 Å². The highest BCUT2D eigenvalue weighted by atomic mass is 16.5. The van der Waals surface area contributed by atoms with Crippen molar-refractivity contribution in [2.24, 2.45) is 0 Å². The summed E-state index contributed by atoms with van der Waals surface area (Å²) in [4.78, 5) is 21.4. The number of ether oxygens (including phenoxy) is 1. The Hall–Kier alpha value is -1.89. The van der Waals surface area contributed by atoms with Gasteiger partial charge in [-0.2, -0.15) is 5.10 Å². The molecule has 1 aromatic rings. The van der Waals surface area contributed by atoms with Gasteiger partial charge in [-0.15, -0.1) is 0 Å². The molecule has 1 heterocycles. The van der Waals surface area contributed by atoms with Crippen molar-refractivity contribution in [1.82, 2.24) is 15.1 Å². The number of carbonyl (C=O) groups excluding carboxylic acids is 1. The fourth-order valence-corrected chi connectivity index (χ4v) is 1.64. The van der Waals surface area contributed by atoms with Crippen LogP contribution in [0.3, 0.4) is 0 Å². The van der Waals surface area contributed by atoms with E-state index in [9.17, 15) is 9.59 Å². The van der Waals surface area contributed by atoms with E-state index in [2.05, 4.69) is 15.2 Å². The van der Waals surface area contributed by atoms with Crippen LogP contribution in [0.5, 0.6) is 0 Å². The van der Waals surface area contributed by atoms with E-state index in [-0.39, 0.29) is 12.5 Å². The lowest BCUT2D eigenvalue weighted by Crippen LogP contribution is -2.30. The van der Waals surface area contributed by atoms with Gasteiger partial charge >= 0.3 is 5.97 Å². The Morgan fingerprint density at radius 3 is 2.74 bits per heavy atom. The number of hydrogen-bond donors (Lipinski definition) is 2. The van der Waals surface area contributed by atoms with Crippen LogP contribution in [0.2, 0.25) is 0 Å². The molecule has 19 heavy (non-hydrogen) atoms. The molecule has 7 heteroatoms. The molecule has 0 aliphatic carbocycles. The lowest BCUT2D eigenvalue weighted by molar-refractivity contribution is -0.143.